The van der Waals surface area contributed by atoms with Gasteiger partial charge in [0.05, 0.1) is 6.42 Å². The Kier molecular flexibility index (Phi) is 3.56. The van der Waals surface area contributed by atoms with Crippen molar-refractivity contribution in [3.63, 3.8) is 0 Å². The van der Waals surface area contributed by atoms with Crippen LogP contribution < -0.4 is 0 Å². The summed E-state index contributed by atoms with van der Waals surface area (Å²) >= 11 is 0. The molecule has 0 aliphatic carbocycles. The third-order valence-corrected chi connectivity index (χ3v) is 3.78. The maximum absolute atomic E-state index is 11.6. The zero-order valence-corrected chi connectivity index (χ0v) is 7.76. The first-order valence-electron chi connectivity index (χ1n) is 3.47. The highest BCUT2D eigenvalue weighted by atomic mass is 32.2. The molecule has 0 radical (unpaired) electrons. The lowest BCUT2D eigenvalue weighted by atomic mass is 10.5. The van der Waals surface area contributed by atoms with Gasteiger partial charge in [-0.05, 0) is 0 Å². The summed E-state index contributed by atoms with van der Waals surface area (Å²) in [6.07, 6.45) is -5.44. The van der Waals surface area contributed by atoms with E-state index in [0.717, 1.165) is 0 Å². The van der Waals surface area contributed by atoms with Crippen LogP contribution >= 0.6 is 0 Å². The molecule has 74 valence electrons. The summed E-state index contributed by atoms with van der Waals surface area (Å²) in [6.45, 7) is 2.98. The highest BCUT2D eigenvalue weighted by Gasteiger charge is 2.29. The second kappa shape index (κ2) is 3.64. The Morgan fingerprint density at radius 1 is 1.42 bits per heavy atom. The van der Waals surface area contributed by atoms with Gasteiger partial charge in [0.15, 0.2) is 0 Å². The van der Waals surface area contributed by atoms with E-state index in [4.69, 9.17) is 4.78 Å². The number of nitrogens with one attached hydrogen (secondary N) is 1. The van der Waals surface area contributed by atoms with E-state index >= 15 is 0 Å². The van der Waals surface area contributed by atoms with Crippen molar-refractivity contribution < 1.29 is 17.4 Å². The molecule has 0 aromatic rings. The summed E-state index contributed by atoms with van der Waals surface area (Å²) in [4.78, 5) is 0. The van der Waals surface area contributed by atoms with Crippen LogP contribution in [0.5, 0.6) is 0 Å². The van der Waals surface area contributed by atoms with Crippen molar-refractivity contribution in [3.8, 4) is 0 Å². The average Bonchev–Trinajstić information content (AvgIpc) is 1.82. The molecule has 0 aromatic heterocycles. The SMILES string of the molecule is CC(C)S(=N)(=O)CCC(F)(F)F. The first kappa shape index (κ1) is 11.7. The van der Waals surface area contributed by atoms with Crippen LogP contribution in [-0.4, -0.2) is 21.4 Å². The lowest BCUT2D eigenvalue weighted by Gasteiger charge is -2.12. The second-order valence-corrected chi connectivity index (χ2v) is 5.65. The summed E-state index contributed by atoms with van der Waals surface area (Å²) in [6, 6.07) is 0. The molecule has 2 nitrogen and oxygen atoms in total. The first-order valence-corrected chi connectivity index (χ1v) is 5.26. The minimum absolute atomic E-state index is 0.514. The molecule has 6 heteroatoms. The lowest BCUT2D eigenvalue weighted by molar-refractivity contribution is -0.129. The van der Waals surface area contributed by atoms with E-state index in [1.54, 1.807) is 0 Å². The van der Waals surface area contributed by atoms with Gasteiger partial charge in [-0.1, -0.05) is 13.8 Å². The van der Waals surface area contributed by atoms with E-state index in [-0.39, 0.29) is 0 Å². The Balaban J connectivity index is 4.12. The monoisotopic (exact) mass is 203 g/mol. The van der Waals surface area contributed by atoms with E-state index in [9.17, 15) is 17.4 Å². The van der Waals surface area contributed by atoms with Crippen LogP contribution in [0.4, 0.5) is 13.2 Å². The maximum atomic E-state index is 11.6. The van der Waals surface area contributed by atoms with Crippen LogP contribution in [0, 0.1) is 4.78 Å². The van der Waals surface area contributed by atoms with Crippen LogP contribution in [0.3, 0.4) is 0 Å². The molecule has 0 amide bonds. The Labute approximate surface area is 70.1 Å². The van der Waals surface area contributed by atoms with Gasteiger partial charge in [-0.2, -0.15) is 13.2 Å². The Hall–Kier alpha value is -0.260. The third-order valence-electron chi connectivity index (χ3n) is 1.45. The molecule has 1 N–H and O–H groups in total. The van der Waals surface area contributed by atoms with E-state index in [0.29, 0.717) is 0 Å². The molecule has 0 spiro atoms. The molecule has 0 aliphatic heterocycles. The van der Waals surface area contributed by atoms with Crippen LogP contribution in [0.2, 0.25) is 0 Å². The molecule has 0 heterocycles. The van der Waals surface area contributed by atoms with Crippen molar-refractivity contribution in [1.82, 2.24) is 0 Å². The van der Waals surface area contributed by atoms with E-state index in [1.807, 2.05) is 0 Å². The number of hydrogen-bond acceptors (Lipinski definition) is 2. The summed E-state index contributed by atoms with van der Waals surface area (Å²) < 4.78 is 53.1. The van der Waals surface area contributed by atoms with Gasteiger partial charge >= 0.3 is 6.18 Å². The second-order valence-electron chi connectivity index (χ2n) is 2.84. The van der Waals surface area contributed by atoms with Gasteiger partial charge in [-0.3, -0.25) is 4.78 Å². The highest BCUT2D eigenvalue weighted by Crippen LogP contribution is 2.21. The van der Waals surface area contributed by atoms with Crippen molar-refractivity contribution in [3.05, 3.63) is 0 Å². The summed E-state index contributed by atoms with van der Waals surface area (Å²) in [5.41, 5.74) is 0. The van der Waals surface area contributed by atoms with Crippen LogP contribution in [0.25, 0.3) is 0 Å². The lowest BCUT2D eigenvalue weighted by Crippen LogP contribution is -2.21. The van der Waals surface area contributed by atoms with Gasteiger partial charge in [0.25, 0.3) is 0 Å². The molecule has 0 saturated carbocycles. The van der Waals surface area contributed by atoms with Gasteiger partial charge < -0.3 is 0 Å². The Morgan fingerprint density at radius 2 is 1.83 bits per heavy atom. The highest BCUT2D eigenvalue weighted by molar-refractivity contribution is 7.92. The average molecular weight is 203 g/mol. The number of rotatable bonds is 3. The molecule has 0 aliphatic rings. The van der Waals surface area contributed by atoms with E-state index in [2.05, 4.69) is 0 Å². The fraction of sp³-hybridized carbons (Fsp3) is 1.00. The predicted molar refractivity (Wildman–Crippen MR) is 41.5 cm³/mol. The fourth-order valence-corrected chi connectivity index (χ4v) is 1.51. The fourth-order valence-electron chi connectivity index (χ4n) is 0.503. The molecule has 1 unspecified atom stereocenters. The van der Waals surface area contributed by atoms with Crippen LogP contribution in [0.1, 0.15) is 20.3 Å². The largest absolute Gasteiger partial charge is 0.390 e. The van der Waals surface area contributed by atoms with E-state index < -0.39 is 33.3 Å². The number of hydrogen-bond donors (Lipinski definition) is 1. The molecule has 0 saturated heterocycles. The molecule has 0 fully saturated rings. The predicted octanol–water partition coefficient (Wildman–Crippen LogP) is 2.39. The minimum atomic E-state index is -4.31. The first-order chi connectivity index (χ1) is 5.15. The third kappa shape index (κ3) is 4.58. The van der Waals surface area contributed by atoms with Gasteiger partial charge in [0.2, 0.25) is 0 Å². The van der Waals surface area contributed by atoms with Gasteiger partial charge in [-0.15, -0.1) is 0 Å². The zero-order valence-electron chi connectivity index (χ0n) is 6.94. The summed E-state index contributed by atoms with van der Waals surface area (Å²) in [7, 11) is -3.05. The zero-order chi connectivity index (χ0) is 9.99. The van der Waals surface area contributed by atoms with Crippen LogP contribution in [0.15, 0.2) is 0 Å². The van der Waals surface area contributed by atoms with Gasteiger partial charge in [-0.25, -0.2) is 4.21 Å². The summed E-state index contributed by atoms with van der Waals surface area (Å²) in [5, 5.41) is -0.514. The minimum Gasteiger partial charge on any atom is -0.253 e. The number of alkyl halides is 3. The maximum Gasteiger partial charge on any atom is 0.390 e. The molecule has 12 heavy (non-hydrogen) atoms. The molecule has 0 aromatic carbocycles. The van der Waals surface area contributed by atoms with Crippen molar-refractivity contribution in [2.45, 2.75) is 31.7 Å². The molecular formula is C6H12F3NOS. The van der Waals surface area contributed by atoms with Crippen molar-refractivity contribution in [1.29, 1.82) is 4.78 Å². The topological polar surface area (TPSA) is 40.9 Å². The van der Waals surface area contributed by atoms with Crippen molar-refractivity contribution in [2.75, 3.05) is 5.75 Å². The summed E-state index contributed by atoms with van der Waals surface area (Å²) in [5.74, 6) is -0.589. The van der Waals surface area contributed by atoms with Crippen molar-refractivity contribution >= 4 is 9.73 Å². The molecule has 0 rings (SSSR count). The number of halogens is 3. The molecule has 1 atom stereocenters. The van der Waals surface area contributed by atoms with Crippen LogP contribution in [-0.2, 0) is 9.73 Å². The molecular weight excluding hydrogens is 191 g/mol. The standard InChI is InChI=1S/C6H12F3NOS/c1-5(2)12(10,11)4-3-6(7,8)9/h5,10H,3-4H2,1-2H3. The van der Waals surface area contributed by atoms with E-state index in [1.165, 1.54) is 13.8 Å². The quantitative estimate of drug-likeness (QED) is 0.751. The van der Waals surface area contributed by atoms with Gasteiger partial charge in [0.1, 0.15) is 0 Å². The Bertz CT molecular complexity index is 230. The van der Waals surface area contributed by atoms with Gasteiger partial charge in [0, 0.05) is 20.7 Å². The normalized spacial score (nSPS) is 17.8. The smallest absolute Gasteiger partial charge is 0.253 e. The molecule has 0 bridgehead atoms. The van der Waals surface area contributed by atoms with Crippen molar-refractivity contribution in [2.24, 2.45) is 0 Å². The Morgan fingerprint density at radius 3 is 2.08 bits per heavy atom.